The van der Waals surface area contributed by atoms with Crippen LogP contribution in [0.2, 0.25) is 0 Å². The van der Waals surface area contributed by atoms with E-state index in [1.54, 1.807) is 11.3 Å². The van der Waals surface area contributed by atoms with Gasteiger partial charge in [-0.1, -0.05) is 29.5 Å². The molecule has 1 aromatic carbocycles. The Morgan fingerprint density at radius 3 is 2.62 bits per heavy atom. The van der Waals surface area contributed by atoms with E-state index in [2.05, 4.69) is 19.9 Å². The second kappa shape index (κ2) is 7.88. The number of thiophene rings is 1. The molecule has 0 atom stereocenters. The van der Waals surface area contributed by atoms with Crippen LogP contribution in [0.5, 0.6) is 0 Å². The summed E-state index contributed by atoms with van der Waals surface area (Å²) in [5, 5.41) is 2.74. The van der Waals surface area contributed by atoms with E-state index in [-0.39, 0.29) is 5.91 Å². The highest BCUT2D eigenvalue weighted by molar-refractivity contribution is 7.22. The Kier molecular flexibility index (Phi) is 5.60. The van der Waals surface area contributed by atoms with Crippen molar-refractivity contribution in [3.63, 3.8) is 0 Å². The fourth-order valence-corrected chi connectivity index (χ4v) is 4.33. The monoisotopic (exact) mass is 360 g/mol. The van der Waals surface area contributed by atoms with Gasteiger partial charge in [0.15, 0.2) is 5.13 Å². The third-order valence-corrected chi connectivity index (χ3v) is 6.10. The number of para-hydroxylation sites is 1. The number of hydrogen-bond donors (Lipinski definition) is 1. The van der Waals surface area contributed by atoms with Crippen molar-refractivity contribution in [2.45, 2.75) is 13.8 Å². The molecule has 24 heavy (non-hydrogen) atoms. The van der Waals surface area contributed by atoms with Crippen molar-refractivity contribution in [3.05, 3.63) is 46.7 Å². The number of thiazole rings is 1. The predicted molar refractivity (Wildman–Crippen MR) is 103 cm³/mol. The predicted octanol–water partition coefficient (Wildman–Crippen LogP) is 2.93. The van der Waals surface area contributed by atoms with Crippen LogP contribution in [0, 0.1) is 0 Å². The second-order valence-corrected chi connectivity index (χ2v) is 7.56. The van der Waals surface area contributed by atoms with Crippen LogP contribution in [-0.2, 0) is 0 Å². The molecule has 0 radical (unpaired) electrons. The second-order valence-electron chi connectivity index (χ2n) is 5.61. The Hall–Kier alpha value is -1.76. The number of hydrogen-bond acceptors (Lipinski definition) is 4. The standard InChI is InChI=1S/C18H21N3OS2/c1-3-20(4-2)11-12-21(17(22)16-10-7-13-23-16)18-19-14-8-5-6-9-15(14)24-18/h5-10,13H,3-4,11-12H2,1-2H3/p+1. The van der Waals surface area contributed by atoms with Crippen LogP contribution in [0.15, 0.2) is 41.8 Å². The minimum atomic E-state index is 0.0515. The van der Waals surface area contributed by atoms with Crippen molar-refractivity contribution in [1.29, 1.82) is 0 Å². The van der Waals surface area contributed by atoms with E-state index in [1.807, 2.05) is 40.6 Å². The van der Waals surface area contributed by atoms with Crippen molar-refractivity contribution in [2.24, 2.45) is 0 Å². The number of aromatic nitrogens is 1. The first-order chi connectivity index (χ1) is 11.7. The van der Waals surface area contributed by atoms with Gasteiger partial charge in [-0.15, -0.1) is 11.3 Å². The summed E-state index contributed by atoms with van der Waals surface area (Å²) in [6.07, 6.45) is 0. The van der Waals surface area contributed by atoms with E-state index in [0.717, 1.165) is 39.9 Å². The summed E-state index contributed by atoms with van der Waals surface area (Å²) in [4.78, 5) is 21.8. The summed E-state index contributed by atoms with van der Waals surface area (Å²) in [5.74, 6) is 0.0515. The average molecular weight is 361 g/mol. The topological polar surface area (TPSA) is 37.6 Å². The molecule has 3 rings (SSSR count). The lowest BCUT2D eigenvalue weighted by Crippen LogP contribution is -3.12. The van der Waals surface area contributed by atoms with E-state index in [9.17, 15) is 4.79 Å². The summed E-state index contributed by atoms with van der Waals surface area (Å²) in [7, 11) is 0. The SMILES string of the molecule is CC[NH+](CC)CCN(C(=O)c1cccs1)c1nc2ccccc2s1. The van der Waals surface area contributed by atoms with Gasteiger partial charge in [-0.25, -0.2) is 4.98 Å². The molecule has 1 amide bonds. The summed E-state index contributed by atoms with van der Waals surface area (Å²) in [6.45, 7) is 8.12. The summed E-state index contributed by atoms with van der Waals surface area (Å²) >= 11 is 3.07. The highest BCUT2D eigenvalue weighted by Gasteiger charge is 2.23. The molecule has 126 valence electrons. The summed E-state index contributed by atoms with van der Waals surface area (Å²) in [5.41, 5.74) is 0.955. The third-order valence-electron chi connectivity index (χ3n) is 4.18. The molecule has 0 saturated heterocycles. The van der Waals surface area contributed by atoms with E-state index in [4.69, 9.17) is 4.98 Å². The molecule has 0 fully saturated rings. The zero-order valence-corrected chi connectivity index (χ0v) is 15.6. The van der Waals surface area contributed by atoms with Gasteiger partial charge in [-0.2, -0.15) is 0 Å². The molecule has 0 spiro atoms. The quantitative estimate of drug-likeness (QED) is 0.703. The zero-order chi connectivity index (χ0) is 16.9. The molecule has 4 nitrogen and oxygen atoms in total. The Balaban J connectivity index is 1.90. The smallest absolute Gasteiger partial charge is 0.270 e. The van der Waals surface area contributed by atoms with Gasteiger partial charge in [0.05, 0.1) is 41.3 Å². The van der Waals surface area contributed by atoms with Gasteiger partial charge in [-0.3, -0.25) is 9.69 Å². The van der Waals surface area contributed by atoms with Crippen LogP contribution >= 0.6 is 22.7 Å². The molecular formula is C18H22N3OS2+. The fraction of sp³-hybridized carbons (Fsp3) is 0.333. The van der Waals surface area contributed by atoms with Gasteiger partial charge in [-0.05, 0) is 37.4 Å². The Morgan fingerprint density at radius 1 is 1.17 bits per heavy atom. The number of rotatable bonds is 7. The molecule has 0 aliphatic rings. The minimum Gasteiger partial charge on any atom is -0.334 e. The van der Waals surface area contributed by atoms with E-state index in [0.29, 0.717) is 6.54 Å². The van der Waals surface area contributed by atoms with Gasteiger partial charge < -0.3 is 4.90 Å². The number of likely N-dealkylation sites (N-methyl/N-ethyl adjacent to an activating group) is 1. The van der Waals surface area contributed by atoms with Gasteiger partial charge in [0.1, 0.15) is 0 Å². The molecule has 0 saturated carbocycles. The van der Waals surface area contributed by atoms with Crippen molar-refractivity contribution in [2.75, 3.05) is 31.1 Å². The molecule has 6 heteroatoms. The van der Waals surface area contributed by atoms with Crippen LogP contribution in [-0.4, -0.2) is 37.1 Å². The Morgan fingerprint density at radius 2 is 1.96 bits per heavy atom. The normalized spacial score (nSPS) is 11.3. The number of nitrogens with zero attached hydrogens (tertiary/aromatic N) is 2. The molecular weight excluding hydrogens is 338 g/mol. The average Bonchev–Trinajstić information content (AvgIpc) is 3.27. The summed E-state index contributed by atoms with van der Waals surface area (Å²) in [6, 6.07) is 11.9. The molecule has 0 unspecified atom stereocenters. The maximum atomic E-state index is 13.0. The highest BCUT2D eigenvalue weighted by atomic mass is 32.1. The number of carbonyl (C=O) groups is 1. The summed E-state index contributed by atoms with van der Waals surface area (Å²) < 4.78 is 1.12. The van der Waals surface area contributed by atoms with E-state index in [1.165, 1.54) is 16.2 Å². The molecule has 0 aliphatic carbocycles. The number of fused-ring (bicyclic) bond motifs is 1. The number of anilines is 1. The number of benzene rings is 1. The van der Waals surface area contributed by atoms with Crippen molar-refractivity contribution in [3.8, 4) is 0 Å². The Bertz CT molecular complexity index is 761. The lowest BCUT2D eigenvalue weighted by molar-refractivity contribution is -0.894. The highest BCUT2D eigenvalue weighted by Crippen LogP contribution is 2.29. The fourth-order valence-electron chi connectivity index (χ4n) is 2.67. The lowest BCUT2D eigenvalue weighted by Gasteiger charge is -2.22. The zero-order valence-electron chi connectivity index (χ0n) is 14.0. The molecule has 2 aromatic heterocycles. The first kappa shape index (κ1) is 17.1. The Labute approximate surface area is 150 Å². The van der Waals surface area contributed by atoms with Crippen LogP contribution in [0.25, 0.3) is 10.2 Å². The van der Waals surface area contributed by atoms with Crippen LogP contribution in [0.1, 0.15) is 23.5 Å². The van der Waals surface area contributed by atoms with Gasteiger partial charge in [0, 0.05) is 0 Å². The van der Waals surface area contributed by atoms with Gasteiger partial charge in [0.2, 0.25) is 0 Å². The molecule has 1 N–H and O–H groups in total. The number of carbonyl (C=O) groups excluding carboxylic acids is 1. The largest absolute Gasteiger partial charge is 0.334 e. The van der Waals surface area contributed by atoms with Crippen LogP contribution in [0.4, 0.5) is 5.13 Å². The van der Waals surface area contributed by atoms with Crippen molar-refractivity contribution in [1.82, 2.24) is 4.98 Å². The van der Waals surface area contributed by atoms with Crippen molar-refractivity contribution >= 4 is 43.9 Å². The molecule has 0 aliphatic heterocycles. The van der Waals surface area contributed by atoms with Crippen LogP contribution in [0.3, 0.4) is 0 Å². The minimum absolute atomic E-state index is 0.0515. The van der Waals surface area contributed by atoms with E-state index >= 15 is 0 Å². The third kappa shape index (κ3) is 3.66. The first-order valence-electron chi connectivity index (χ1n) is 8.27. The number of amides is 1. The maximum absolute atomic E-state index is 13.0. The first-order valence-corrected chi connectivity index (χ1v) is 9.97. The number of quaternary nitrogens is 1. The van der Waals surface area contributed by atoms with Gasteiger partial charge >= 0.3 is 0 Å². The molecule has 3 aromatic rings. The molecule has 2 heterocycles. The van der Waals surface area contributed by atoms with Gasteiger partial charge in [0.25, 0.3) is 5.91 Å². The van der Waals surface area contributed by atoms with E-state index < -0.39 is 0 Å². The maximum Gasteiger partial charge on any atom is 0.270 e. The van der Waals surface area contributed by atoms with Crippen molar-refractivity contribution < 1.29 is 9.69 Å². The molecule has 0 bridgehead atoms. The lowest BCUT2D eigenvalue weighted by atomic mass is 10.3. The van der Waals surface area contributed by atoms with Crippen LogP contribution < -0.4 is 9.80 Å². The number of nitrogens with one attached hydrogen (secondary N) is 1.